The van der Waals surface area contributed by atoms with Gasteiger partial charge in [-0.1, -0.05) is 59.1 Å². The Morgan fingerprint density at radius 1 is 1.34 bits per heavy atom. The van der Waals surface area contributed by atoms with Crippen molar-refractivity contribution in [2.24, 2.45) is 35.0 Å². The molecule has 2 nitrogen and oxygen atoms in total. The molecule has 0 radical (unpaired) electrons. The Hall–Kier alpha value is 0.530. The topological polar surface area (TPSA) is 26.3 Å². The summed E-state index contributed by atoms with van der Waals surface area (Å²) in [4.78, 5) is 10.8. The maximum atomic E-state index is 10.8. The van der Waals surface area contributed by atoms with E-state index in [1.165, 1.54) is 44.9 Å². The van der Waals surface area contributed by atoms with Crippen LogP contribution in [0, 0.1) is 35.0 Å². The van der Waals surface area contributed by atoms with Gasteiger partial charge in [0.2, 0.25) is 0 Å². The van der Waals surface area contributed by atoms with Crippen molar-refractivity contribution in [3.8, 4) is 0 Å². The van der Waals surface area contributed by atoms with E-state index in [0.717, 1.165) is 49.2 Å². The van der Waals surface area contributed by atoms with E-state index in [1.54, 1.807) is 5.57 Å². The van der Waals surface area contributed by atoms with Gasteiger partial charge in [0, 0.05) is 6.42 Å². The third-order valence-electron chi connectivity index (χ3n) is 8.72. The number of carbonyl (C=O) groups is 1. The van der Waals surface area contributed by atoms with Gasteiger partial charge in [-0.25, -0.2) is 0 Å². The van der Waals surface area contributed by atoms with Crippen molar-refractivity contribution in [2.45, 2.75) is 105 Å². The van der Waals surface area contributed by atoms with Crippen LogP contribution in [0.25, 0.3) is 0 Å². The summed E-state index contributed by atoms with van der Waals surface area (Å²) in [5.41, 5.74) is 2.08. The average Bonchev–Trinajstić information content (AvgIpc) is 2.72. The molecule has 0 amide bonds. The Balaban J connectivity index is 1.92. The van der Waals surface area contributed by atoms with Crippen LogP contribution in [0.5, 0.6) is 0 Å². The summed E-state index contributed by atoms with van der Waals surface area (Å²) in [6.07, 6.45) is 16.2. The number of hydrogen-bond donors (Lipinski definition) is 0. The standard InChI is InChI=1S/C25H44IO2P/c1-6-18(2)24(19(3)9-8-16-27)11-7-10-21-12-13-22-17-23(28-29-26)14-15-25(22,5)20(21)4/h13,16,18-21,23-24,29H,6-12,14-15,17H2,1-5H3/t18-,19+,20+,21+,23-,24-,25+/m0/s1. The number of rotatable bonds is 12. The van der Waals surface area contributed by atoms with Crippen LogP contribution in [-0.2, 0) is 9.32 Å². The molecular weight excluding hydrogens is 490 g/mol. The lowest BCUT2D eigenvalue weighted by atomic mass is 9.56. The van der Waals surface area contributed by atoms with Gasteiger partial charge < -0.3 is 9.32 Å². The molecule has 8 atom stereocenters. The Labute approximate surface area is 195 Å². The molecule has 1 fully saturated rings. The largest absolute Gasteiger partial charge is 0.348 e. The van der Waals surface area contributed by atoms with Crippen molar-refractivity contribution in [3.05, 3.63) is 11.6 Å². The first kappa shape index (κ1) is 25.8. The Kier molecular flexibility index (Phi) is 11.1. The van der Waals surface area contributed by atoms with Crippen LogP contribution in [0.3, 0.4) is 0 Å². The summed E-state index contributed by atoms with van der Waals surface area (Å²) in [7, 11) is 0. The van der Waals surface area contributed by atoms with Gasteiger partial charge in [0.15, 0.2) is 0 Å². The second-order valence-corrected chi connectivity index (χ2v) is 11.9. The molecular formula is C25H44IO2P. The highest BCUT2D eigenvalue weighted by Gasteiger charge is 2.44. The van der Waals surface area contributed by atoms with Gasteiger partial charge in [0.25, 0.3) is 0 Å². The molecule has 2 aliphatic carbocycles. The van der Waals surface area contributed by atoms with Gasteiger partial charge in [0.05, 0.1) is 12.6 Å². The molecule has 0 spiro atoms. The lowest BCUT2D eigenvalue weighted by molar-refractivity contribution is -0.108. The van der Waals surface area contributed by atoms with Gasteiger partial charge >= 0.3 is 0 Å². The zero-order valence-corrected chi connectivity index (χ0v) is 22.5. The highest BCUT2D eigenvalue weighted by atomic mass is 127. The zero-order valence-electron chi connectivity index (χ0n) is 19.4. The van der Waals surface area contributed by atoms with Crippen LogP contribution in [0.1, 0.15) is 98.8 Å². The summed E-state index contributed by atoms with van der Waals surface area (Å²) in [5.74, 6) is 3.80. The van der Waals surface area contributed by atoms with E-state index in [-0.39, 0.29) is 0 Å². The maximum absolute atomic E-state index is 10.8. The quantitative estimate of drug-likeness (QED) is 0.109. The fourth-order valence-electron chi connectivity index (χ4n) is 6.18. The lowest BCUT2D eigenvalue weighted by Gasteiger charge is -2.49. The van der Waals surface area contributed by atoms with E-state index < -0.39 is 0 Å². The minimum Gasteiger partial charge on any atom is -0.348 e. The molecule has 0 saturated heterocycles. The number of fused-ring (bicyclic) bond motifs is 1. The van der Waals surface area contributed by atoms with Crippen molar-refractivity contribution in [2.75, 3.05) is 0 Å². The first-order valence-electron chi connectivity index (χ1n) is 12.0. The molecule has 2 aliphatic rings. The molecule has 0 aromatic heterocycles. The van der Waals surface area contributed by atoms with Gasteiger partial charge in [0.1, 0.15) is 6.29 Å². The molecule has 0 bridgehead atoms. The summed E-state index contributed by atoms with van der Waals surface area (Å²) in [6, 6.07) is 0. The fraction of sp³-hybridized carbons (Fsp3) is 0.880. The number of allylic oxidation sites excluding steroid dienone is 1. The lowest BCUT2D eigenvalue weighted by Crippen LogP contribution is -2.41. The van der Waals surface area contributed by atoms with E-state index in [9.17, 15) is 4.79 Å². The third-order valence-corrected chi connectivity index (χ3v) is 9.90. The fourth-order valence-corrected chi connectivity index (χ4v) is 7.59. The van der Waals surface area contributed by atoms with Crippen LogP contribution < -0.4 is 0 Å². The minimum atomic E-state index is 0.393. The second kappa shape index (κ2) is 12.5. The van der Waals surface area contributed by atoms with Crippen molar-refractivity contribution in [1.82, 2.24) is 0 Å². The van der Waals surface area contributed by atoms with E-state index in [1.807, 2.05) is 0 Å². The third kappa shape index (κ3) is 6.75. The molecule has 168 valence electrons. The number of carbonyl (C=O) groups excluding carboxylic acids is 1. The first-order chi connectivity index (χ1) is 13.9. The molecule has 0 heterocycles. The smallest absolute Gasteiger partial charge is 0.120 e. The van der Waals surface area contributed by atoms with Crippen molar-refractivity contribution < 1.29 is 9.32 Å². The highest BCUT2D eigenvalue weighted by molar-refractivity contribution is 14.2. The van der Waals surface area contributed by atoms with Gasteiger partial charge in [-0.2, -0.15) is 0 Å². The molecule has 4 heteroatoms. The zero-order chi connectivity index (χ0) is 21.4. The Morgan fingerprint density at radius 2 is 2.10 bits per heavy atom. The summed E-state index contributed by atoms with van der Waals surface area (Å²) < 4.78 is 5.97. The molecule has 0 N–H and O–H groups in total. The maximum Gasteiger partial charge on any atom is 0.120 e. The number of hydrogen-bond acceptors (Lipinski definition) is 2. The molecule has 1 saturated carbocycles. The van der Waals surface area contributed by atoms with Gasteiger partial charge in [-0.05, 0) is 102 Å². The Morgan fingerprint density at radius 3 is 2.76 bits per heavy atom. The summed E-state index contributed by atoms with van der Waals surface area (Å²) in [6.45, 7) is 12.7. The normalized spacial score (nSPS) is 33.2. The van der Waals surface area contributed by atoms with Crippen LogP contribution in [0.4, 0.5) is 0 Å². The van der Waals surface area contributed by atoms with Crippen LogP contribution >= 0.6 is 28.5 Å². The van der Waals surface area contributed by atoms with Crippen LogP contribution in [0.15, 0.2) is 11.6 Å². The van der Waals surface area contributed by atoms with Gasteiger partial charge in [-0.3, -0.25) is 0 Å². The molecule has 1 unspecified atom stereocenters. The van der Waals surface area contributed by atoms with Crippen LogP contribution in [0.2, 0.25) is 0 Å². The van der Waals surface area contributed by atoms with E-state index in [0.29, 0.717) is 23.9 Å². The molecule has 0 aromatic carbocycles. The van der Waals surface area contributed by atoms with Crippen molar-refractivity contribution >= 4 is 34.8 Å². The van der Waals surface area contributed by atoms with E-state index in [4.69, 9.17) is 4.52 Å². The summed E-state index contributed by atoms with van der Waals surface area (Å²) >= 11 is 2.36. The summed E-state index contributed by atoms with van der Waals surface area (Å²) in [5, 5.41) is 0. The van der Waals surface area contributed by atoms with Crippen molar-refractivity contribution in [3.63, 3.8) is 0 Å². The molecule has 0 aliphatic heterocycles. The number of halogens is 1. The SMILES string of the molecule is CC[C@H](C)[C@H](CCC[C@@H]1CC=C2C[C@@H](OPI)CC[C@]2(C)[C@@H]1C)[C@H](C)CCC=O. The van der Waals surface area contributed by atoms with E-state index in [2.05, 4.69) is 62.7 Å². The highest BCUT2D eigenvalue weighted by Crippen LogP contribution is 2.54. The molecule has 2 rings (SSSR count). The predicted molar refractivity (Wildman–Crippen MR) is 136 cm³/mol. The molecule has 0 aromatic rings. The van der Waals surface area contributed by atoms with Crippen molar-refractivity contribution in [1.29, 1.82) is 0 Å². The minimum absolute atomic E-state index is 0.393. The average molecular weight is 535 g/mol. The van der Waals surface area contributed by atoms with E-state index >= 15 is 0 Å². The first-order valence-corrected chi connectivity index (χ1v) is 16.0. The predicted octanol–water partition coefficient (Wildman–Crippen LogP) is 8.54. The van der Waals surface area contributed by atoms with Gasteiger partial charge in [-0.15, -0.1) is 0 Å². The number of aldehydes is 1. The Bertz CT molecular complexity index is 537. The molecule has 29 heavy (non-hydrogen) atoms. The van der Waals surface area contributed by atoms with Crippen LogP contribution in [-0.4, -0.2) is 12.4 Å². The second-order valence-electron chi connectivity index (χ2n) is 10.2. The monoisotopic (exact) mass is 534 g/mol.